The third-order valence-corrected chi connectivity index (χ3v) is 12.2. The Balaban J connectivity index is 2.22. The summed E-state index contributed by atoms with van der Waals surface area (Å²) in [6, 6.07) is 0. The van der Waals surface area contributed by atoms with Gasteiger partial charge in [-0.25, -0.2) is 0 Å². The van der Waals surface area contributed by atoms with Crippen molar-refractivity contribution < 1.29 is 9.47 Å². The quantitative estimate of drug-likeness (QED) is 0.0589. The van der Waals surface area contributed by atoms with Gasteiger partial charge in [-0.05, 0) is 38.8 Å². The Hall–Kier alpha value is -0.120. The van der Waals surface area contributed by atoms with E-state index in [4.69, 9.17) is 9.47 Å². The zero-order chi connectivity index (χ0) is 37.1. The van der Waals surface area contributed by atoms with Gasteiger partial charge in [0.2, 0.25) is 0 Å². The Labute approximate surface area is 323 Å². The number of unbranched alkanes of at least 4 members (excludes halogenated alkanes) is 22. The molecule has 51 heavy (non-hydrogen) atoms. The predicted molar refractivity (Wildman–Crippen MR) is 228 cm³/mol. The summed E-state index contributed by atoms with van der Waals surface area (Å²) in [6.45, 7) is 11.1. The molecule has 0 aromatic carbocycles. The van der Waals surface area contributed by atoms with Crippen LogP contribution >= 0.6 is 0 Å². The molecule has 1 aliphatic rings. The highest BCUT2D eigenvalue weighted by molar-refractivity contribution is 4.81. The molecule has 3 nitrogen and oxygen atoms in total. The average molecular weight is 720 g/mol. The van der Waals surface area contributed by atoms with Gasteiger partial charge in [-0.3, -0.25) is 0 Å². The van der Waals surface area contributed by atoms with Gasteiger partial charge in [0.1, 0.15) is 0 Å². The summed E-state index contributed by atoms with van der Waals surface area (Å²) in [5, 5.41) is 0. The zero-order valence-corrected chi connectivity index (χ0v) is 36.4. The van der Waals surface area contributed by atoms with E-state index >= 15 is 0 Å². The van der Waals surface area contributed by atoms with Crippen molar-refractivity contribution in [2.24, 2.45) is 11.8 Å². The van der Waals surface area contributed by atoms with Gasteiger partial charge in [0.25, 0.3) is 0 Å². The van der Waals surface area contributed by atoms with Gasteiger partial charge in [0.05, 0.1) is 12.7 Å². The molecular formula is C48H97NO2. The highest BCUT2D eigenvalue weighted by Crippen LogP contribution is 2.35. The van der Waals surface area contributed by atoms with Crippen molar-refractivity contribution in [3.05, 3.63) is 0 Å². The van der Waals surface area contributed by atoms with E-state index in [-0.39, 0.29) is 11.9 Å². The number of rotatable bonds is 40. The highest BCUT2D eigenvalue weighted by Gasteiger charge is 2.40. The van der Waals surface area contributed by atoms with Crippen LogP contribution in [-0.2, 0) is 9.47 Å². The summed E-state index contributed by atoms with van der Waals surface area (Å²) in [5.74, 6) is 1.70. The van der Waals surface area contributed by atoms with Gasteiger partial charge in [-0.2, -0.15) is 0 Å². The van der Waals surface area contributed by atoms with Crippen LogP contribution in [0.15, 0.2) is 0 Å². The molecule has 3 heteroatoms. The van der Waals surface area contributed by atoms with E-state index in [9.17, 15) is 0 Å². The molecule has 1 atom stereocenters. The van der Waals surface area contributed by atoms with Crippen LogP contribution in [0.2, 0.25) is 0 Å². The van der Waals surface area contributed by atoms with E-state index in [0.717, 1.165) is 37.8 Å². The molecule has 0 aliphatic carbocycles. The van der Waals surface area contributed by atoms with Crippen LogP contribution < -0.4 is 0 Å². The molecule has 0 radical (unpaired) electrons. The summed E-state index contributed by atoms with van der Waals surface area (Å²) in [6.07, 6.45) is 50.7. The second kappa shape index (κ2) is 35.6. The summed E-state index contributed by atoms with van der Waals surface area (Å²) >= 11 is 0. The Morgan fingerprint density at radius 1 is 0.431 bits per heavy atom. The fourth-order valence-corrected chi connectivity index (χ4v) is 8.88. The smallest absolute Gasteiger partial charge is 0.168 e. The second-order valence-electron chi connectivity index (χ2n) is 17.7. The van der Waals surface area contributed by atoms with Crippen molar-refractivity contribution in [1.82, 2.24) is 4.90 Å². The number of likely N-dealkylation sites (N-methyl/N-ethyl adjacent to an activating group) is 1. The summed E-state index contributed by atoms with van der Waals surface area (Å²) in [5.41, 5.74) is 0. The minimum atomic E-state index is -0.309. The van der Waals surface area contributed by atoms with Gasteiger partial charge in [-0.15, -0.1) is 0 Å². The maximum absolute atomic E-state index is 6.70. The maximum atomic E-state index is 6.70. The number of hydrogen-bond acceptors (Lipinski definition) is 3. The predicted octanol–water partition coefficient (Wildman–Crippen LogP) is 16.0. The van der Waals surface area contributed by atoms with Crippen LogP contribution in [0.5, 0.6) is 0 Å². The standard InChI is InChI=1S/C48H97NO2/c1-7-11-27-35-45(36-28-12-8-2)39-31-23-19-15-17-21-25-33-41-48(50-44-47(51-48)43-49(5)6)42-34-26-22-18-16-20-24-32-40-46(37-29-13-9-3)38-30-14-10-4/h45-47H,7-44H2,1-6H3. The SMILES string of the molecule is CCCCCC(CCCCC)CCCCCCCCCCC1(CCCCCCCCCCC(CCCCC)CCCCC)OCC(CN(C)C)O1. The van der Waals surface area contributed by atoms with Gasteiger partial charge < -0.3 is 14.4 Å². The van der Waals surface area contributed by atoms with Crippen molar-refractivity contribution in [1.29, 1.82) is 0 Å². The number of ether oxygens (including phenoxy) is 2. The molecule has 1 heterocycles. The molecule has 0 amide bonds. The zero-order valence-electron chi connectivity index (χ0n) is 36.4. The van der Waals surface area contributed by atoms with Crippen LogP contribution in [0.4, 0.5) is 0 Å². The summed E-state index contributed by atoms with van der Waals surface area (Å²) in [4.78, 5) is 2.25. The molecule has 0 N–H and O–H groups in total. The molecule has 0 aromatic rings. The normalized spacial score (nSPS) is 16.1. The van der Waals surface area contributed by atoms with Crippen LogP contribution in [0.3, 0.4) is 0 Å². The topological polar surface area (TPSA) is 21.7 Å². The van der Waals surface area contributed by atoms with Gasteiger partial charge in [0, 0.05) is 19.4 Å². The molecular weight excluding hydrogens is 623 g/mol. The van der Waals surface area contributed by atoms with E-state index in [0.29, 0.717) is 0 Å². The maximum Gasteiger partial charge on any atom is 0.168 e. The van der Waals surface area contributed by atoms with Crippen LogP contribution in [0.1, 0.15) is 259 Å². The molecule has 1 saturated heterocycles. The van der Waals surface area contributed by atoms with Crippen molar-refractivity contribution in [2.75, 3.05) is 27.2 Å². The Morgan fingerprint density at radius 3 is 1.04 bits per heavy atom. The third kappa shape index (κ3) is 28.9. The van der Waals surface area contributed by atoms with Crippen molar-refractivity contribution in [2.45, 2.75) is 271 Å². The Morgan fingerprint density at radius 2 is 0.725 bits per heavy atom. The number of nitrogens with zero attached hydrogens (tertiary/aromatic N) is 1. The lowest BCUT2D eigenvalue weighted by Crippen LogP contribution is -2.33. The fraction of sp³-hybridized carbons (Fsp3) is 1.00. The Bertz CT molecular complexity index is 631. The van der Waals surface area contributed by atoms with Crippen molar-refractivity contribution >= 4 is 0 Å². The second-order valence-corrected chi connectivity index (χ2v) is 17.7. The molecule has 1 unspecified atom stereocenters. The van der Waals surface area contributed by atoms with Crippen molar-refractivity contribution in [3.63, 3.8) is 0 Å². The molecule has 0 bridgehead atoms. The highest BCUT2D eigenvalue weighted by atomic mass is 16.7. The fourth-order valence-electron chi connectivity index (χ4n) is 8.88. The summed E-state index contributed by atoms with van der Waals surface area (Å²) in [7, 11) is 4.31. The molecule has 1 rings (SSSR count). The first-order valence-corrected chi connectivity index (χ1v) is 23.9. The van der Waals surface area contributed by atoms with Crippen molar-refractivity contribution in [3.8, 4) is 0 Å². The first-order chi connectivity index (χ1) is 25.0. The first kappa shape index (κ1) is 48.9. The lowest BCUT2D eigenvalue weighted by molar-refractivity contribution is -0.180. The van der Waals surface area contributed by atoms with E-state index in [1.807, 2.05) is 0 Å². The van der Waals surface area contributed by atoms with Crippen LogP contribution in [-0.4, -0.2) is 44.0 Å². The molecule has 306 valence electrons. The van der Waals surface area contributed by atoms with Gasteiger partial charge in [0.15, 0.2) is 5.79 Å². The minimum absolute atomic E-state index is 0.232. The van der Waals surface area contributed by atoms with E-state index in [2.05, 4.69) is 46.7 Å². The summed E-state index contributed by atoms with van der Waals surface area (Å²) < 4.78 is 13.2. The Kier molecular flexibility index (Phi) is 34.1. The molecule has 0 aromatic heterocycles. The monoisotopic (exact) mass is 720 g/mol. The first-order valence-electron chi connectivity index (χ1n) is 23.9. The minimum Gasteiger partial charge on any atom is -0.347 e. The van der Waals surface area contributed by atoms with Gasteiger partial charge >= 0.3 is 0 Å². The average Bonchev–Trinajstić information content (AvgIpc) is 3.51. The van der Waals surface area contributed by atoms with Gasteiger partial charge in [-0.1, -0.05) is 233 Å². The molecule has 1 aliphatic heterocycles. The largest absolute Gasteiger partial charge is 0.347 e. The molecule has 0 saturated carbocycles. The van der Waals surface area contributed by atoms with E-state index < -0.39 is 0 Å². The number of hydrogen-bond donors (Lipinski definition) is 0. The van der Waals surface area contributed by atoms with Crippen LogP contribution in [0.25, 0.3) is 0 Å². The lowest BCUT2D eigenvalue weighted by atomic mass is 9.90. The third-order valence-electron chi connectivity index (χ3n) is 12.2. The van der Waals surface area contributed by atoms with E-state index in [1.165, 1.54) is 218 Å². The molecule has 1 fully saturated rings. The van der Waals surface area contributed by atoms with E-state index in [1.54, 1.807) is 0 Å². The lowest BCUT2D eigenvalue weighted by Gasteiger charge is -2.29. The molecule has 0 spiro atoms. The van der Waals surface area contributed by atoms with Crippen LogP contribution in [0, 0.1) is 11.8 Å².